The summed E-state index contributed by atoms with van der Waals surface area (Å²) < 4.78 is 0. The second kappa shape index (κ2) is 9.59. The van der Waals surface area contributed by atoms with Crippen LogP contribution in [-0.4, -0.2) is 57.8 Å². The van der Waals surface area contributed by atoms with Gasteiger partial charge in [-0.3, -0.25) is 14.9 Å². The van der Waals surface area contributed by atoms with Crippen molar-refractivity contribution in [2.45, 2.75) is 6.42 Å². The van der Waals surface area contributed by atoms with Crippen molar-refractivity contribution in [3.05, 3.63) is 63.6 Å². The first kappa shape index (κ1) is 21.5. The molecule has 0 unspecified atom stereocenters. The molecule has 0 saturated carbocycles. The minimum absolute atomic E-state index is 0.00795. The SMILES string of the molecule is O=C(Nc1nc(CC(=O)N2CCN(c3cccc(Cl)c3Cl)CC2)cs1)c1ncccn1. The Morgan fingerprint density at radius 2 is 1.81 bits per heavy atom. The number of carbonyl (C=O) groups is 2. The fourth-order valence-electron chi connectivity index (χ4n) is 3.22. The molecule has 8 nitrogen and oxygen atoms in total. The highest BCUT2D eigenvalue weighted by atomic mass is 35.5. The van der Waals surface area contributed by atoms with Crippen LogP contribution in [0.3, 0.4) is 0 Å². The Labute approximate surface area is 192 Å². The van der Waals surface area contributed by atoms with Crippen molar-refractivity contribution < 1.29 is 9.59 Å². The number of piperazine rings is 1. The standard InChI is InChI=1S/C20H18Cl2N6O2S/c21-14-3-1-4-15(17(14)22)27-7-9-28(10-8-27)16(29)11-13-12-31-20(25-13)26-19(30)18-23-5-2-6-24-18/h1-6,12H,7-11H2,(H,25,26,30). The largest absolute Gasteiger partial charge is 0.367 e. The van der Waals surface area contributed by atoms with Gasteiger partial charge in [-0.2, -0.15) is 0 Å². The van der Waals surface area contributed by atoms with Gasteiger partial charge in [0.15, 0.2) is 5.13 Å². The Morgan fingerprint density at radius 3 is 2.55 bits per heavy atom. The number of thiazole rings is 1. The molecule has 2 aromatic heterocycles. The molecule has 0 bridgehead atoms. The third-order valence-electron chi connectivity index (χ3n) is 4.78. The first-order valence-corrected chi connectivity index (χ1v) is 11.1. The van der Waals surface area contributed by atoms with Gasteiger partial charge in [-0.15, -0.1) is 11.3 Å². The molecule has 1 fully saturated rings. The molecule has 2 amide bonds. The number of carbonyl (C=O) groups excluding carboxylic acids is 2. The molecule has 31 heavy (non-hydrogen) atoms. The van der Waals surface area contributed by atoms with Gasteiger partial charge in [0.2, 0.25) is 11.7 Å². The number of hydrogen-bond donors (Lipinski definition) is 1. The maximum absolute atomic E-state index is 12.7. The maximum atomic E-state index is 12.7. The fraction of sp³-hybridized carbons (Fsp3) is 0.250. The fourth-order valence-corrected chi connectivity index (χ4v) is 4.34. The molecular weight excluding hydrogens is 459 g/mol. The molecule has 1 N–H and O–H groups in total. The number of anilines is 2. The van der Waals surface area contributed by atoms with Crippen molar-refractivity contribution in [3.8, 4) is 0 Å². The summed E-state index contributed by atoms with van der Waals surface area (Å²) in [5.41, 5.74) is 1.49. The zero-order valence-electron chi connectivity index (χ0n) is 16.3. The number of halogens is 2. The van der Waals surface area contributed by atoms with E-state index < -0.39 is 5.91 Å². The van der Waals surface area contributed by atoms with Gasteiger partial charge in [-0.1, -0.05) is 29.3 Å². The number of nitrogens with zero attached hydrogens (tertiary/aromatic N) is 5. The van der Waals surface area contributed by atoms with Gasteiger partial charge in [-0.05, 0) is 18.2 Å². The molecule has 1 aromatic carbocycles. The van der Waals surface area contributed by atoms with Crippen LogP contribution in [-0.2, 0) is 11.2 Å². The van der Waals surface area contributed by atoms with E-state index in [2.05, 4.69) is 25.2 Å². The third-order valence-corrected chi connectivity index (χ3v) is 6.39. The molecule has 1 aliphatic heterocycles. The van der Waals surface area contributed by atoms with Gasteiger partial charge < -0.3 is 9.80 Å². The molecular formula is C20H18Cl2N6O2S. The molecule has 160 valence electrons. The smallest absolute Gasteiger partial charge is 0.295 e. The summed E-state index contributed by atoms with van der Waals surface area (Å²) >= 11 is 13.7. The zero-order valence-corrected chi connectivity index (χ0v) is 18.6. The second-order valence-electron chi connectivity index (χ2n) is 6.79. The Kier molecular flexibility index (Phi) is 6.64. The van der Waals surface area contributed by atoms with Crippen molar-refractivity contribution >= 4 is 57.2 Å². The van der Waals surface area contributed by atoms with Gasteiger partial charge in [0.05, 0.1) is 27.8 Å². The molecule has 1 aliphatic rings. The number of amides is 2. The average Bonchev–Trinajstić information content (AvgIpc) is 3.23. The van der Waals surface area contributed by atoms with Crippen molar-refractivity contribution in [1.29, 1.82) is 0 Å². The first-order chi connectivity index (χ1) is 15.0. The number of nitrogens with one attached hydrogen (secondary N) is 1. The second-order valence-corrected chi connectivity index (χ2v) is 8.43. The van der Waals surface area contributed by atoms with Crippen molar-refractivity contribution in [1.82, 2.24) is 19.9 Å². The highest BCUT2D eigenvalue weighted by Crippen LogP contribution is 2.32. The lowest BCUT2D eigenvalue weighted by molar-refractivity contribution is -0.130. The lowest BCUT2D eigenvalue weighted by Gasteiger charge is -2.36. The first-order valence-electron chi connectivity index (χ1n) is 9.51. The van der Waals surface area contributed by atoms with E-state index in [1.54, 1.807) is 17.5 Å². The lowest BCUT2D eigenvalue weighted by atomic mass is 10.2. The van der Waals surface area contributed by atoms with E-state index in [0.29, 0.717) is 47.0 Å². The summed E-state index contributed by atoms with van der Waals surface area (Å²) in [6.45, 7) is 2.50. The summed E-state index contributed by atoms with van der Waals surface area (Å²) in [7, 11) is 0. The van der Waals surface area contributed by atoms with E-state index in [9.17, 15) is 9.59 Å². The molecule has 3 aromatic rings. The van der Waals surface area contributed by atoms with Crippen LogP contribution in [0.15, 0.2) is 42.0 Å². The minimum atomic E-state index is -0.441. The molecule has 0 radical (unpaired) electrons. The lowest BCUT2D eigenvalue weighted by Crippen LogP contribution is -2.49. The summed E-state index contributed by atoms with van der Waals surface area (Å²) in [6, 6.07) is 7.18. The molecule has 11 heteroatoms. The normalized spacial score (nSPS) is 13.9. The van der Waals surface area contributed by atoms with Gasteiger partial charge >= 0.3 is 0 Å². The monoisotopic (exact) mass is 476 g/mol. The van der Waals surface area contributed by atoms with Crippen LogP contribution in [0.25, 0.3) is 0 Å². The van der Waals surface area contributed by atoms with Crippen LogP contribution in [0.1, 0.15) is 16.3 Å². The van der Waals surface area contributed by atoms with Crippen LogP contribution in [0.5, 0.6) is 0 Å². The highest BCUT2D eigenvalue weighted by molar-refractivity contribution is 7.14. The summed E-state index contributed by atoms with van der Waals surface area (Å²) in [5.74, 6) is -0.386. The van der Waals surface area contributed by atoms with Crippen LogP contribution in [0.4, 0.5) is 10.8 Å². The number of hydrogen-bond acceptors (Lipinski definition) is 7. The van der Waals surface area contributed by atoms with Crippen molar-refractivity contribution in [2.24, 2.45) is 0 Å². The zero-order chi connectivity index (χ0) is 21.8. The van der Waals surface area contributed by atoms with Gasteiger partial charge in [0.1, 0.15) is 0 Å². The van der Waals surface area contributed by atoms with E-state index in [4.69, 9.17) is 23.2 Å². The molecule has 4 rings (SSSR count). The number of benzene rings is 1. The van der Waals surface area contributed by atoms with Crippen LogP contribution >= 0.6 is 34.5 Å². The molecule has 0 spiro atoms. The van der Waals surface area contributed by atoms with Crippen LogP contribution < -0.4 is 10.2 Å². The predicted octanol–water partition coefficient (Wildman–Crippen LogP) is 3.38. The summed E-state index contributed by atoms with van der Waals surface area (Å²) in [6.07, 6.45) is 3.16. The van der Waals surface area contributed by atoms with E-state index in [1.807, 2.05) is 17.0 Å². The molecule has 3 heterocycles. The molecule has 0 atom stereocenters. The maximum Gasteiger partial charge on any atom is 0.295 e. The predicted molar refractivity (Wildman–Crippen MR) is 121 cm³/mol. The van der Waals surface area contributed by atoms with Crippen LogP contribution in [0, 0.1) is 0 Å². The summed E-state index contributed by atoms with van der Waals surface area (Å²) in [4.78, 5) is 40.9. The van der Waals surface area contributed by atoms with Crippen molar-refractivity contribution in [2.75, 3.05) is 36.4 Å². The third kappa shape index (κ3) is 5.12. The van der Waals surface area contributed by atoms with Gasteiger partial charge in [0.25, 0.3) is 5.91 Å². The highest BCUT2D eigenvalue weighted by Gasteiger charge is 2.23. The van der Waals surface area contributed by atoms with E-state index >= 15 is 0 Å². The minimum Gasteiger partial charge on any atom is -0.367 e. The van der Waals surface area contributed by atoms with E-state index in [0.717, 1.165) is 5.69 Å². The Hall–Kier alpha value is -2.75. The van der Waals surface area contributed by atoms with E-state index in [1.165, 1.54) is 23.7 Å². The topological polar surface area (TPSA) is 91.3 Å². The van der Waals surface area contributed by atoms with Gasteiger partial charge in [0, 0.05) is 44.0 Å². The number of aromatic nitrogens is 3. The number of rotatable bonds is 5. The van der Waals surface area contributed by atoms with Crippen LogP contribution in [0.2, 0.25) is 10.0 Å². The quantitative estimate of drug-likeness (QED) is 0.606. The summed E-state index contributed by atoms with van der Waals surface area (Å²) in [5, 5.41) is 5.87. The molecule has 0 aliphatic carbocycles. The average molecular weight is 477 g/mol. The Bertz CT molecular complexity index is 1090. The van der Waals surface area contributed by atoms with E-state index in [-0.39, 0.29) is 18.2 Å². The molecule has 1 saturated heterocycles. The Morgan fingerprint density at radius 1 is 1.06 bits per heavy atom. The Balaban J connectivity index is 1.30. The van der Waals surface area contributed by atoms with Gasteiger partial charge in [-0.25, -0.2) is 15.0 Å². The van der Waals surface area contributed by atoms with Crippen molar-refractivity contribution in [3.63, 3.8) is 0 Å².